The maximum Gasteiger partial charge on any atom is 0.330 e. The maximum absolute atomic E-state index is 13.2. The Bertz CT molecular complexity index is 835. The number of hydrogen-bond acceptors (Lipinski definition) is 3. The maximum atomic E-state index is 13.2. The number of nitrogens with zero attached hydrogens (tertiary/aromatic N) is 2. The number of unbranched alkanes of at least 4 members (excludes halogenated alkanes) is 1. The van der Waals surface area contributed by atoms with Gasteiger partial charge in [0.1, 0.15) is 0 Å². The summed E-state index contributed by atoms with van der Waals surface area (Å²) in [4.78, 5) is 0. The molecule has 4 rings (SSSR count). The van der Waals surface area contributed by atoms with E-state index in [0.717, 1.165) is 30.8 Å². The smallest absolute Gasteiger partial charge is 0.314 e. The molecule has 5 nitrogen and oxygen atoms in total. The van der Waals surface area contributed by atoms with Crippen molar-refractivity contribution in [2.45, 2.75) is 31.7 Å². The predicted octanol–water partition coefficient (Wildman–Crippen LogP) is 3.42. The van der Waals surface area contributed by atoms with Crippen LogP contribution in [0.15, 0.2) is 54.6 Å². The van der Waals surface area contributed by atoms with Crippen LogP contribution in [0, 0.1) is 0 Å². The molecule has 0 spiro atoms. The van der Waals surface area contributed by atoms with Gasteiger partial charge in [-0.1, -0.05) is 30.3 Å². The fourth-order valence-electron chi connectivity index (χ4n) is 3.24. The minimum absolute atomic E-state index is 0.509. The highest BCUT2D eigenvalue weighted by Crippen LogP contribution is 2.45. The van der Waals surface area contributed by atoms with Crippen LogP contribution in [0.2, 0.25) is 0 Å². The first-order chi connectivity index (χ1) is 12.2. The molecule has 25 heavy (non-hydrogen) atoms. The molecule has 2 aromatic rings. The number of rotatable bonds is 7. The zero-order valence-corrected chi connectivity index (χ0v) is 15.0. The molecule has 2 aromatic carbocycles. The van der Waals surface area contributed by atoms with E-state index in [-0.39, 0.29) is 0 Å². The fourth-order valence-corrected chi connectivity index (χ4v) is 4.99. The predicted molar refractivity (Wildman–Crippen MR) is 102 cm³/mol. The van der Waals surface area contributed by atoms with Crippen molar-refractivity contribution in [3.05, 3.63) is 54.6 Å². The number of para-hydroxylation sites is 3. The summed E-state index contributed by atoms with van der Waals surface area (Å²) in [6.45, 7) is 1.47. The van der Waals surface area contributed by atoms with Gasteiger partial charge < -0.3 is 5.32 Å². The first-order valence-electron chi connectivity index (χ1n) is 8.88. The van der Waals surface area contributed by atoms with Crippen LogP contribution in [-0.4, -0.2) is 27.5 Å². The Hall–Kier alpha value is -2.05. The summed E-state index contributed by atoms with van der Waals surface area (Å²) >= 11 is 0. The highest BCUT2D eigenvalue weighted by atomic mass is 32.2. The third-order valence-electron chi connectivity index (χ3n) is 4.67. The Kier molecular flexibility index (Phi) is 4.39. The molecule has 1 heterocycles. The molecule has 1 saturated carbocycles. The number of anilines is 3. The number of benzene rings is 2. The van der Waals surface area contributed by atoms with Gasteiger partial charge >= 0.3 is 10.2 Å². The Morgan fingerprint density at radius 1 is 0.920 bits per heavy atom. The quantitative estimate of drug-likeness (QED) is 0.773. The number of hydrogen-bond donors (Lipinski definition) is 1. The lowest BCUT2D eigenvalue weighted by molar-refractivity contribution is 0.586. The van der Waals surface area contributed by atoms with Crippen LogP contribution in [0.4, 0.5) is 17.1 Å². The lowest BCUT2D eigenvalue weighted by Gasteiger charge is -2.21. The van der Waals surface area contributed by atoms with Gasteiger partial charge in [-0.3, -0.25) is 4.31 Å². The second kappa shape index (κ2) is 6.69. The van der Waals surface area contributed by atoms with E-state index in [9.17, 15) is 8.42 Å². The third-order valence-corrected chi connectivity index (χ3v) is 6.47. The van der Waals surface area contributed by atoms with Gasteiger partial charge in [-0.25, -0.2) is 4.31 Å². The van der Waals surface area contributed by atoms with E-state index in [1.54, 1.807) is 4.31 Å². The molecule has 0 unspecified atom stereocenters. The van der Waals surface area contributed by atoms with Gasteiger partial charge in [0.15, 0.2) is 0 Å². The molecule has 2 aliphatic rings. The van der Waals surface area contributed by atoms with Crippen molar-refractivity contribution >= 4 is 27.3 Å². The van der Waals surface area contributed by atoms with Crippen molar-refractivity contribution in [1.82, 2.24) is 5.32 Å². The van der Waals surface area contributed by atoms with E-state index in [2.05, 4.69) is 5.32 Å². The van der Waals surface area contributed by atoms with Crippen LogP contribution in [0.1, 0.15) is 25.7 Å². The van der Waals surface area contributed by atoms with Crippen molar-refractivity contribution in [2.24, 2.45) is 0 Å². The molecule has 1 fully saturated rings. The molecule has 0 amide bonds. The minimum atomic E-state index is -3.58. The molecule has 1 aliphatic heterocycles. The SMILES string of the molecule is O=S1(=O)N(CCCCNC2CC2)c2ccccc2N1c1ccccc1. The lowest BCUT2D eigenvalue weighted by Crippen LogP contribution is -2.36. The summed E-state index contributed by atoms with van der Waals surface area (Å²) in [6, 6.07) is 17.5. The average Bonchev–Trinajstić information content (AvgIpc) is 3.40. The molecule has 6 heteroatoms. The van der Waals surface area contributed by atoms with Gasteiger partial charge in [0, 0.05) is 12.6 Å². The molecule has 0 bridgehead atoms. The van der Waals surface area contributed by atoms with E-state index >= 15 is 0 Å². The van der Waals surface area contributed by atoms with E-state index in [0.29, 0.717) is 18.3 Å². The van der Waals surface area contributed by atoms with Crippen LogP contribution >= 0.6 is 0 Å². The third kappa shape index (κ3) is 3.24. The van der Waals surface area contributed by atoms with E-state index in [1.165, 1.54) is 17.1 Å². The standard InChI is InChI=1S/C19H23N3O2S/c23-25(24)21(15-7-6-14-20-16-12-13-16)18-10-4-5-11-19(18)22(25)17-8-2-1-3-9-17/h1-5,8-11,16,20H,6-7,12-15H2. The first-order valence-corrected chi connectivity index (χ1v) is 10.3. The molecule has 1 N–H and O–H groups in total. The van der Waals surface area contributed by atoms with Crippen LogP contribution in [0.3, 0.4) is 0 Å². The summed E-state index contributed by atoms with van der Waals surface area (Å²) in [6.07, 6.45) is 4.38. The van der Waals surface area contributed by atoms with Crippen molar-refractivity contribution in [2.75, 3.05) is 21.7 Å². The van der Waals surface area contributed by atoms with Crippen molar-refractivity contribution in [3.63, 3.8) is 0 Å². The number of nitrogens with one attached hydrogen (secondary N) is 1. The van der Waals surface area contributed by atoms with Crippen LogP contribution in [0.25, 0.3) is 0 Å². The average molecular weight is 357 g/mol. The second-order valence-electron chi connectivity index (χ2n) is 6.60. The molecule has 0 aromatic heterocycles. The Morgan fingerprint density at radius 2 is 1.60 bits per heavy atom. The van der Waals surface area contributed by atoms with Gasteiger partial charge in [-0.2, -0.15) is 8.42 Å². The van der Waals surface area contributed by atoms with Crippen LogP contribution in [-0.2, 0) is 10.2 Å². The van der Waals surface area contributed by atoms with Crippen LogP contribution < -0.4 is 13.9 Å². The Labute approximate surface area is 149 Å². The zero-order valence-electron chi connectivity index (χ0n) is 14.1. The fraction of sp³-hybridized carbons (Fsp3) is 0.368. The molecular formula is C19H23N3O2S. The zero-order chi connectivity index (χ0) is 17.3. The minimum Gasteiger partial charge on any atom is -0.314 e. The summed E-state index contributed by atoms with van der Waals surface area (Å²) in [5, 5.41) is 3.48. The Morgan fingerprint density at radius 3 is 2.32 bits per heavy atom. The topological polar surface area (TPSA) is 52.7 Å². The van der Waals surface area contributed by atoms with Gasteiger partial charge in [0.2, 0.25) is 0 Å². The van der Waals surface area contributed by atoms with Crippen LogP contribution in [0.5, 0.6) is 0 Å². The largest absolute Gasteiger partial charge is 0.330 e. The molecule has 0 atom stereocenters. The Balaban J connectivity index is 1.54. The molecule has 132 valence electrons. The molecule has 1 aliphatic carbocycles. The van der Waals surface area contributed by atoms with Gasteiger partial charge in [-0.05, 0) is 56.5 Å². The van der Waals surface area contributed by atoms with E-state index in [4.69, 9.17) is 0 Å². The van der Waals surface area contributed by atoms with Crippen molar-refractivity contribution in [1.29, 1.82) is 0 Å². The van der Waals surface area contributed by atoms with Gasteiger partial charge in [-0.15, -0.1) is 0 Å². The lowest BCUT2D eigenvalue weighted by atomic mass is 10.2. The highest BCUT2D eigenvalue weighted by Gasteiger charge is 2.40. The van der Waals surface area contributed by atoms with E-state index < -0.39 is 10.2 Å². The molecule has 0 saturated heterocycles. The van der Waals surface area contributed by atoms with Crippen molar-refractivity contribution < 1.29 is 8.42 Å². The summed E-state index contributed by atoms with van der Waals surface area (Å²) in [7, 11) is -3.58. The molecular weight excluding hydrogens is 334 g/mol. The van der Waals surface area contributed by atoms with Gasteiger partial charge in [0.25, 0.3) is 0 Å². The monoisotopic (exact) mass is 357 g/mol. The highest BCUT2D eigenvalue weighted by molar-refractivity contribution is 7.95. The van der Waals surface area contributed by atoms with Gasteiger partial charge in [0.05, 0.1) is 17.1 Å². The summed E-state index contributed by atoms with van der Waals surface area (Å²) in [5.41, 5.74) is 2.17. The second-order valence-corrected chi connectivity index (χ2v) is 8.31. The molecule has 0 radical (unpaired) electrons. The summed E-state index contributed by atoms with van der Waals surface area (Å²) in [5.74, 6) is 0. The first kappa shape index (κ1) is 16.4. The van der Waals surface area contributed by atoms with Crippen molar-refractivity contribution in [3.8, 4) is 0 Å². The summed E-state index contributed by atoms with van der Waals surface area (Å²) < 4.78 is 29.3. The number of fused-ring (bicyclic) bond motifs is 1. The normalized spacial score (nSPS) is 18.4. The van der Waals surface area contributed by atoms with E-state index in [1.807, 2.05) is 54.6 Å².